The fraction of sp³-hybridized carbons (Fsp3) is 0.176. The summed E-state index contributed by atoms with van der Waals surface area (Å²) in [7, 11) is 0. The number of carbonyl (C=O) groups excluding carboxylic acids is 2. The van der Waals surface area contributed by atoms with Gasteiger partial charge in [0.15, 0.2) is 0 Å². The standard InChI is InChI=1S/C17H15ClF2N2O2/c1-11(23)22(12-6-7-14(19)13(18)10-12)9-8-17(24)21-16-5-3-2-4-15(16)20/h2-7,10H,8-9H2,1H3,(H,21,24). The van der Waals surface area contributed by atoms with Crippen LogP contribution in [0.15, 0.2) is 42.5 Å². The maximum absolute atomic E-state index is 13.5. The molecule has 2 aromatic carbocycles. The summed E-state index contributed by atoms with van der Waals surface area (Å²) in [4.78, 5) is 25.0. The van der Waals surface area contributed by atoms with Crippen molar-refractivity contribution in [2.24, 2.45) is 0 Å². The van der Waals surface area contributed by atoms with E-state index in [4.69, 9.17) is 11.6 Å². The Labute approximate surface area is 143 Å². The van der Waals surface area contributed by atoms with Crippen LogP contribution in [0.2, 0.25) is 5.02 Å². The highest BCUT2D eigenvalue weighted by Crippen LogP contribution is 2.23. The zero-order valence-corrected chi connectivity index (χ0v) is 13.6. The molecule has 2 rings (SSSR count). The molecule has 0 aliphatic heterocycles. The van der Waals surface area contributed by atoms with Crippen molar-refractivity contribution in [3.63, 3.8) is 0 Å². The lowest BCUT2D eigenvalue weighted by Crippen LogP contribution is -2.32. The number of para-hydroxylation sites is 1. The van der Waals surface area contributed by atoms with Crippen LogP contribution < -0.4 is 10.2 Å². The molecule has 2 amide bonds. The second-order valence-corrected chi connectivity index (χ2v) is 5.45. The molecule has 0 aromatic heterocycles. The van der Waals surface area contributed by atoms with Crippen molar-refractivity contribution in [2.75, 3.05) is 16.8 Å². The van der Waals surface area contributed by atoms with E-state index in [1.54, 1.807) is 6.07 Å². The lowest BCUT2D eigenvalue weighted by molar-refractivity contribution is -0.117. The first kappa shape index (κ1) is 17.9. The number of benzene rings is 2. The highest BCUT2D eigenvalue weighted by molar-refractivity contribution is 6.31. The minimum atomic E-state index is -0.596. The molecule has 24 heavy (non-hydrogen) atoms. The molecule has 0 spiro atoms. The predicted octanol–water partition coefficient (Wildman–Crippen LogP) is 4.00. The van der Waals surface area contributed by atoms with Crippen LogP contribution in [0, 0.1) is 11.6 Å². The van der Waals surface area contributed by atoms with Gasteiger partial charge in [-0.15, -0.1) is 0 Å². The molecule has 0 bridgehead atoms. The summed E-state index contributed by atoms with van der Waals surface area (Å²) in [5, 5.41) is 2.32. The zero-order chi connectivity index (χ0) is 17.7. The van der Waals surface area contributed by atoms with Gasteiger partial charge < -0.3 is 10.2 Å². The van der Waals surface area contributed by atoms with Gasteiger partial charge in [-0.1, -0.05) is 23.7 Å². The second-order valence-electron chi connectivity index (χ2n) is 5.05. The van der Waals surface area contributed by atoms with Crippen molar-refractivity contribution < 1.29 is 18.4 Å². The van der Waals surface area contributed by atoms with Crippen molar-refractivity contribution in [2.45, 2.75) is 13.3 Å². The predicted molar refractivity (Wildman–Crippen MR) is 89.1 cm³/mol. The molecular formula is C17H15ClF2N2O2. The second kappa shape index (κ2) is 7.88. The number of anilines is 2. The SMILES string of the molecule is CC(=O)N(CCC(=O)Nc1ccccc1F)c1ccc(F)c(Cl)c1. The molecule has 0 saturated heterocycles. The lowest BCUT2D eigenvalue weighted by atomic mass is 10.2. The lowest BCUT2D eigenvalue weighted by Gasteiger charge is -2.21. The van der Waals surface area contributed by atoms with Crippen molar-refractivity contribution in [1.82, 2.24) is 0 Å². The van der Waals surface area contributed by atoms with Crippen LogP contribution >= 0.6 is 11.6 Å². The van der Waals surface area contributed by atoms with Gasteiger partial charge in [-0.05, 0) is 30.3 Å². The van der Waals surface area contributed by atoms with E-state index in [0.29, 0.717) is 5.69 Å². The minimum absolute atomic E-state index is 0.0527. The Balaban J connectivity index is 2.03. The summed E-state index contributed by atoms with van der Waals surface area (Å²) in [6.45, 7) is 1.38. The number of carbonyl (C=O) groups is 2. The largest absolute Gasteiger partial charge is 0.324 e. The van der Waals surface area contributed by atoms with Gasteiger partial charge in [-0.2, -0.15) is 0 Å². The maximum Gasteiger partial charge on any atom is 0.226 e. The van der Waals surface area contributed by atoms with Gasteiger partial charge in [0, 0.05) is 25.6 Å². The Morgan fingerprint density at radius 1 is 1.12 bits per heavy atom. The van der Waals surface area contributed by atoms with Crippen LogP contribution in [0.4, 0.5) is 20.2 Å². The van der Waals surface area contributed by atoms with E-state index < -0.39 is 17.5 Å². The molecule has 0 radical (unpaired) electrons. The third-order valence-electron chi connectivity index (χ3n) is 3.31. The average molecular weight is 353 g/mol. The van der Waals surface area contributed by atoms with Gasteiger partial charge in [0.25, 0.3) is 0 Å². The molecule has 2 aromatic rings. The maximum atomic E-state index is 13.5. The summed E-state index contributed by atoms with van der Waals surface area (Å²) >= 11 is 5.72. The Kier molecular flexibility index (Phi) is 5.87. The van der Waals surface area contributed by atoms with E-state index in [2.05, 4.69) is 5.32 Å². The molecule has 0 fully saturated rings. The third-order valence-corrected chi connectivity index (χ3v) is 3.60. The number of nitrogens with one attached hydrogen (secondary N) is 1. The van der Waals surface area contributed by atoms with Crippen molar-refractivity contribution in [1.29, 1.82) is 0 Å². The molecule has 0 unspecified atom stereocenters. The van der Waals surface area contributed by atoms with Crippen LogP contribution in [0.1, 0.15) is 13.3 Å². The van der Waals surface area contributed by atoms with E-state index in [1.165, 1.54) is 42.2 Å². The molecule has 0 atom stereocenters. The normalized spacial score (nSPS) is 10.3. The van der Waals surface area contributed by atoms with Crippen LogP contribution in [-0.4, -0.2) is 18.4 Å². The van der Waals surface area contributed by atoms with Crippen molar-refractivity contribution in [3.8, 4) is 0 Å². The summed E-state index contributed by atoms with van der Waals surface area (Å²) < 4.78 is 26.7. The Morgan fingerprint density at radius 3 is 2.46 bits per heavy atom. The van der Waals surface area contributed by atoms with Gasteiger partial charge >= 0.3 is 0 Å². The molecule has 4 nitrogen and oxygen atoms in total. The summed E-state index contributed by atoms with van der Waals surface area (Å²) in [6, 6.07) is 9.65. The number of hydrogen-bond donors (Lipinski definition) is 1. The van der Waals surface area contributed by atoms with E-state index in [-0.39, 0.29) is 29.6 Å². The summed E-state index contributed by atoms with van der Waals surface area (Å²) in [6.07, 6.45) is -0.0527. The first-order valence-corrected chi connectivity index (χ1v) is 7.54. The van der Waals surface area contributed by atoms with E-state index in [0.717, 1.165) is 6.07 Å². The molecule has 0 heterocycles. The summed E-state index contributed by atoms with van der Waals surface area (Å²) in [5.41, 5.74) is 0.453. The van der Waals surface area contributed by atoms with Gasteiger partial charge in [-0.3, -0.25) is 9.59 Å². The number of halogens is 3. The van der Waals surface area contributed by atoms with Crippen molar-refractivity contribution in [3.05, 3.63) is 59.1 Å². The highest BCUT2D eigenvalue weighted by atomic mass is 35.5. The van der Waals surface area contributed by atoms with Gasteiger partial charge in [-0.25, -0.2) is 8.78 Å². The molecule has 0 saturated carbocycles. The molecule has 1 N–H and O–H groups in total. The first-order chi connectivity index (χ1) is 11.4. The fourth-order valence-electron chi connectivity index (χ4n) is 2.11. The Morgan fingerprint density at radius 2 is 1.83 bits per heavy atom. The molecule has 7 heteroatoms. The van der Waals surface area contributed by atoms with E-state index in [9.17, 15) is 18.4 Å². The van der Waals surface area contributed by atoms with E-state index >= 15 is 0 Å². The number of hydrogen-bond acceptors (Lipinski definition) is 2. The third kappa shape index (κ3) is 4.52. The molecule has 0 aliphatic carbocycles. The highest BCUT2D eigenvalue weighted by Gasteiger charge is 2.15. The number of amides is 2. The Bertz CT molecular complexity index is 768. The zero-order valence-electron chi connectivity index (χ0n) is 12.9. The molecular weight excluding hydrogens is 338 g/mol. The molecule has 0 aliphatic rings. The monoisotopic (exact) mass is 352 g/mol. The quantitative estimate of drug-likeness (QED) is 0.884. The Hall–Kier alpha value is -2.47. The van der Waals surface area contributed by atoms with E-state index in [1.807, 2.05) is 0 Å². The van der Waals surface area contributed by atoms with Gasteiger partial charge in [0.2, 0.25) is 11.8 Å². The topological polar surface area (TPSA) is 49.4 Å². The fourth-order valence-corrected chi connectivity index (χ4v) is 2.28. The summed E-state index contributed by atoms with van der Waals surface area (Å²) in [5.74, 6) is -1.91. The van der Waals surface area contributed by atoms with Crippen LogP contribution in [0.25, 0.3) is 0 Å². The number of nitrogens with zero attached hydrogens (tertiary/aromatic N) is 1. The van der Waals surface area contributed by atoms with Crippen LogP contribution in [0.3, 0.4) is 0 Å². The van der Waals surface area contributed by atoms with Gasteiger partial charge in [0.1, 0.15) is 11.6 Å². The average Bonchev–Trinajstić information content (AvgIpc) is 2.53. The molecule has 126 valence electrons. The minimum Gasteiger partial charge on any atom is -0.324 e. The van der Waals surface area contributed by atoms with Crippen LogP contribution in [0.5, 0.6) is 0 Å². The number of rotatable bonds is 5. The van der Waals surface area contributed by atoms with Crippen LogP contribution in [-0.2, 0) is 9.59 Å². The first-order valence-electron chi connectivity index (χ1n) is 7.16. The smallest absolute Gasteiger partial charge is 0.226 e. The van der Waals surface area contributed by atoms with Crippen molar-refractivity contribution >= 4 is 34.8 Å². The van der Waals surface area contributed by atoms with Gasteiger partial charge in [0.05, 0.1) is 10.7 Å².